The first kappa shape index (κ1) is 24.1. The molecular formula is C27H33N9. The molecule has 9 heteroatoms. The van der Waals surface area contributed by atoms with Gasteiger partial charge in [-0.2, -0.15) is 10.1 Å². The molecule has 9 nitrogen and oxygen atoms in total. The normalized spacial score (nSPS) is 14.8. The van der Waals surface area contributed by atoms with Crippen LogP contribution in [0.4, 0.5) is 0 Å². The highest BCUT2D eigenvalue weighted by atomic mass is 15.6. The molecule has 1 aliphatic rings. The van der Waals surface area contributed by atoms with Crippen LogP contribution in [0.2, 0.25) is 0 Å². The zero-order valence-electron chi connectivity index (χ0n) is 21.4. The smallest absolute Gasteiger partial charge is 0.234 e. The van der Waals surface area contributed by atoms with Crippen molar-refractivity contribution in [2.45, 2.75) is 59.5 Å². The second kappa shape index (κ2) is 10.2. The molecule has 5 rings (SSSR count). The number of tetrazole rings is 1. The number of rotatable bonds is 7. The fourth-order valence-corrected chi connectivity index (χ4v) is 4.79. The Bertz CT molecular complexity index is 1360. The van der Waals surface area contributed by atoms with Crippen LogP contribution in [0, 0.1) is 16.7 Å². The summed E-state index contributed by atoms with van der Waals surface area (Å²) in [5.41, 5.74) is 4.08. The van der Waals surface area contributed by atoms with Gasteiger partial charge in [-0.05, 0) is 54.6 Å². The van der Waals surface area contributed by atoms with E-state index in [2.05, 4.69) is 79.9 Å². The summed E-state index contributed by atoms with van der Waals surface area (Å²) in [7, 11) is 0. The standard InChI is InChI=1S/C27H33N9/c1-27(2,3)19-35-23(15-22-17-29-24(16-28)30-26(22)35)18-36-32-25(31-33-36)21-9-7-20(8-10-21)11-14-34-12-5-4-6-13-34/h7-10,15,17H,4-6,11-14,18-19H2,1-3H3. The van der Waals surface area contributed by atoms with E-state index < -0.39 is 0 Å². The Morgan fingerprint density at radius 1 is 1.06 bits per heavy atom. The minimum absolute atomic E-state index is 0.0230. The van der Waals surface area contributed by atoms with Crippen molar-refractivity contribution in [2.24, 2.45) is 5.41 Å². The topological polar surface area (TPSA) is 101 Å². The third kappa shape index (κ3) is 5.60. The summed E-state index contributed by atoms with van der Waals surface area (Å²) in [6.45, 7) is 11.3. The summed E-state index contributed by atoms with van der Waals surface area (Å²) in [4.78, 5) is 12.8. The lowest BCUT2D eigenvalue weighted by Gasteiger charge is -2.26. The van der Waals surface area contributed by atoms with E-state index in [-0.39, 0.29) is 11.2 Å². The Kier molecular flexibility index (Phi) is 6.79. The highest BCUT2D eigenvalue weighted by Gasteiger charge is 2.19. The fraction of sp³-hybridized carbons (Fsp3) is 0.481. The molecule has 0 unspecified atom stereocenters. The Morgan fingerprint density at radius 2 is 1.83 bits per heavy atom. The Balaban J connectivity index is 1.32. The van der Waals surface area contributed by atoms with Gasteiger partial charge in [0.05, 0.1) is 0 Å². The Morgan fingerprint density at radius 3 is 2.56 bits per heavy atom. The minimum Gasteiger partial charge on any atom is -0.327 e. The van der Waals surface area contributed by atoms with Gasteiger partial charge in [0, 0.05) is 35.9 Å². The number of hydrogen-bond donors (Lipinski definition) is 0. The van der Waals surface area contributed by atoms with Gasteiger partial charge >= 0.3 is 0 Å². The SMILES string of the molecule is CC(C)(C)Cn1c(Cn2nnc(-c3ccc(CCN4CCCCC4)cc3)n2)cc2cnc(C#N)nc21. The maximum atomic E-state index is 9.26. The van der Waals surface area contributed by atoms with Crippen LogP contribution in [-0.4, -0.2) is 59.3 Å². The van der Waals surface area contributed by atoms with Crippen molar-refractivity contribution in [3.05, 3.63) is 53.6 Å². The predicted octanol–water partition coefficient (Wildman–Crippen LogP) is 4.08. The lowest BCUT2D eigenvalue weighted by atomic mass is 9.97. The van der Waals surface area contributed by atoms with Crippen molar-refractivity contribution in [2.75, 3.05) is 19.6 Å². The molecular weight excluding hydrogens is 450 g/mol. The monoisotopic (exact) mass is 483 g/mol. The van der Waals surface area contributed by atoms with Gasteiger partial charge in [-0.3, -0.25) is 0 Å². The molecule has 0 amide bonds. The second-order valence-corrected chi connectivity index (χ2v) is 10.9. The van der Waals surface area contributed by atoms with Gasteiger partial charge in [0.25, 0.3) is 0 Å². The van der Waals surface area contributed by atoms with Gasteiger partial charge in [-0.15, -0.1) is 10.2 Å². The fourth-order valence-electron chi connectivity index (χ4n) is 4.79. The average molecular weight is 484 g/mol. The molecule has 3 aromatic heterocycles. The molecule has 0 radical (unpaired) electrons. The van der Waals surface area contributed by atoms with Crippen molar-refractivity contribution < 1.29 is 0 Å². The van der Waals surface area contributed by atoms with Crippen molar-refractivity contribution in [1.82, 2.24) is 39.6 Å². The molecule has 1 saturated heterocycles. The molecule has 1 fully saturated rings. The van der Waals surface area contributed by atoms with E-state index in [1.54, 1.807) is 11.0 Å². The molecule has 0 saturated carbocycles. The van der Waals surface area contributed by atoms with Crippen molar-refractivity contribution in [3.63, 3.8) is 0 Å². The minimum atomic E-state index is 0.0230. The number of nitriles is 1. The maximum Gasteiger partial charge on any atom is 0.234 e. The van der Waals surface area contributed by atoms with Gasteiger partial charge in [0.15, 0.2) is 0 Å². The van der Waals surface area contributed by atoms with E-state index in [0.717, 1.165) is 41.8 Å². The molecule has 0 bridgehead atoms. The molecule has 36 heavy (non-hydrogen) atoms. The second-order valence-electron chi connectivity index (χ2n) is 10.9. The van der Waals surface area contributed by atoms with Gasteiger partial charge in [-0.1, -0.05) is 51.5 Å². The largest absolute Gasteiger partial charge is 0.327 e. The first-order chi connectivity index (χ1) is 17.4. The number of benzene rings is 1. The van der Waals surface area contributed by atoms with Crippen LogP contribution in [0.15, 0.2) is 36.5 Å². The number of piperidine rings is 1. The van der Waals surface area contributed by atoms with E-state index in [4.69, 9.17) is 0 Å². The van der Waals surface area contributed by atoms with E-state index in [1.165, 1.54) is 37.9 Å². The third-order valence-electron chi connectivity index (χ3n) is 6.59. The molecule has 4 aromatic rings. The zero-order valence-corrected chi connectivity index (χ0v) is 21.4. The van der Waals surface area contributed by atoms with Crippen LogP contribution in [0.25, 0.3) is 22.4 Å². The Labute approximate surface area is 211 Å². The van der Waals surface area contributed by atoms with Crippen LogP contribution < -0.4 is 0 Å². The summed E-state index contributed by atoms with van der Waals surface area (Å²) in [6.07, 6.45) is 6.79. The first-order valence-electron chi connectivity index (χ1n) is 12.7. The van der Waals surface area contributed by atoms with Crippen molar-refractivity contribution in [3.8, 4) is 17.5 Å². The summed E-state index contributed by atoms with van der Waals surface area (Å²) >= 11 is 0. The first-order valence-corrected chi connectivity index (χ1v) is 12.7. The molecule has 4 heterocycles. The van der Waals surface area contributed by atoms with Crippen LogP contribution >= 0.6 is 0 Å². The van der Waals surface area contributed by atoms with Crippen LogP contribution in [0.5, 0.6) is 0 Å². The maximum absolute atomic E-state index is 9.26. The molecule has 0 atom stereocenters. The third-order valence-corrected chi connectivity index (χ3v) is 6.59. The predicted molar refractivity (Wildman–Crippen MR) is 138 cm³/mol. The highest BCUT2D eigenvalue weighted by molar-refractivity contribution is 5.77. The van der Waals surface area contributed by atoms with E-state index in [9.17, 15) is 5.26 Å². The number of aromatic nitrogens is 7. The highest BCUT2D eigenvalue weighted by Crippen LogP contribution is 2.25. The van der Waals surface area contributed by atoms with Crippen molar-refractivity contribution >= 4 is 11.0 Å². The lowest BCUT2D eigenvalue weighted by molar-refractivity contribution is 0.231. The molecule has 0 spiro atoms. The number of hydrogen-bond acceptors (Lipinski definition) is 7. The number of fused-ring (bicyclic) bond motifs is 1. The quantitative estimate of drug-likeness (QED) is 0.390. The average Bonchev–Trinajstić information content (AvgIpc) is 3.47. The van der Waals surface area contributed by atoms with Gasteiger partial charge in [0.2, 0.25) is 11.6 Å². The molecule has 186 valence electrons. The van der Waals surface area contributed by atoms with Gasteiger partial charge in [-0.25, -0.2) is 9.97 Å². The van der Waals surface area contributed by atoms with Crippen LogP contribution in [-0.2, 0) is 19.5 Å². The van der Waals surface area contributed by atoms with Crippen LogP contribution in [0.1, 0.15) is 57.1 Å². The summed E-state index contributed by atoms with van der Waals surface area (Å²) in [6, 6.07) is 12.6. The molecule has 0 N–H and O–H groups in total. The summed E-state index contributed by atoms with van der Waals surface area (Å²) in [5.74, 6) is 0.783. The van der Waals surface area contributed by atoms with E-state index in [0.29, 0.717) is 12.4 Å². The number of likely N-dealkylation sites (tertiary alicyclic amines) is 1. The van der Waals surface area contributed by atoms with Crippen molar-refractivity contribution in [1.29, 1.82) is 5.26 Å². The molecule has 1 aliphatic heterocycles. The van der Waals surface area contributed by atoms with E-state index >= 15 is 0 Å². The van der Waals surface area contributed by atoms with E-state index in [1.807, 2.05) is 12.1 Å². The Hall–Kier alpha value is -3.64. The summed E-state index contributed by atoms with van der Waals surface area (Å²) in [5, 5.41) is 23.4. The molecule has 0 aliphatic carbocycles. The van der Waals surface area contributed by atoms with Gasteiger partial charge in [0.1, 0.15) is 18.3 Å². The molecule has 1 aromatic carbocycles. The number of nitrogens with zero attached hydrogens (tertiary/aromatic N) is 9. The van der Waals surface area contributed by atoms with Crippen LogP contribution in [0.3, 0.4) is 0 Å². The van der Waals surface area contributed by atoms with Gasteiger partial charge < -0.3 is 9.47 Å². The zero-order chi connectivity index (χ0) is 25.1. The summed E-state index contributed by atoms with van der Waals surface area (Å²) < 4.78 is 2.14. The lowest BCUT2D eigenvalue weighted by Crippen LogP contribution is -2.31.